The maximum atomic E-state index is 13.4. The molecular weight excluding hydrogens is 816 g/mol. The van der Waals surface area contributed by atoms with Gasteiger partial charge in [0.25, 0.3) is 11.8 Å². The number of nitrogens with two attached hydrogens (primary N) is 1. The van der Waals surface area contributed by atoms with Crippen LogP contribution >= 0.6 is 0 Å². The summed E-state index contributed by atoms with van der Waals surface area (Å²) >= 11 is 0. The van der Waals surface area contributed by atoms with Crippen LogP contribution in [0.15, 0.2) is 24.3 Å². The molecule has 1 aromatic carbocycles. The SMILES string of the molecule is CC(C)C(NC(=O)CCOCCC(=O)ON1C(=O)CCC1=O)C(=O)N[C@H](CCCNC(N)=O)C(=O)Nc1ccc(COC(=O)NCCOCCOCCNC(=O)C(C)(C)C)cc1. The minimum absolute atomic E-state index is 0.0336. The number of hydrogen-bond donors (Lipinski definition) is 7. The van der Waals surface area contributed by atoms with Gasteiger partial charge in [-0.25, -0.2) is 14.4 Å². The smallest absolute Gasteiger partial charge is 0.407 e. The summed E-state index contributed by atoms with van der Waals surface area (Å²) in [5, 5.41) is 16.3. The van der Waals surface area contributed by atoms with Crippen LogP contribution < -0.4 is 37.6 Å². The summed E-state index contributed by atoms with van der Waals surface area (Å²) in [6.07, 6.45) is -0.788. The summed E-state index contributed by atoms with van der Waals surface area (Å²) in [7, 11) is 0. The first-order valence-electron chi connectivity index (χ1n) is 20.4. The van der Waals surface area contributed by atoms with Gasteiger partial charge in [0.2, 0.25) is 23.6 Å². The quantitative estimate of drug-likeness (QED) is 0.0447. The van der Waals surface area contributed by atoms with Crippen molar-refractivity contribution in [1.82, 2.24) is 31.6 Å². The number of carbonyl (C=O) groups excluding carboxylic acids is 9. The maximum absolute atomic E-state index is 13.4. The highest BCUT2D eigenvalue weighted by Gasteiger charge is 2.33. The Bertz CT molecular complexity index is 1650. The van der Waals surface area contributed by atoms with Crippen LogP contribution in [-0.2, 0) is 64.0 Å². The molecule has 1 unspecified atom stereocenters. The molecule has 1 aliphatic rings. The van der Waals surface area contributed by atoms with E-state index in [1.165, 1.54) is 0 Å². The van der Waals surface area contributed by atoms with Crippen molar-refractivity contribution >= 4 is 59.2 Å². The first-order valence-corrected chi connectivity index (χ1v) is 20.4. The van der Waals surface area contributed by atoms with Gasteiger partial charge in [0.15, 0.2) is 0 Å². The van der Waals surface area contributed by atoms with E-state index in [1.807, 2.05) is 20.8 Å². The normalized spacial score (nSPS) is 13.5. The number of alkyl carbamates (subject to hydrolysis) is 1. The molecule has 0 radical (unpaired) electrons. The van der Waals surface area contributed by atoms with Crippen molar-refractivity contribution in [3.8, 4) is 0 Å². The molecule has 2 rings (SSSR count). The van der Waals surface area contributed by atoms with E-state index in [4.69, 9.17) is 29.5 Å². The summed E-state index contributed by atoms with van der Waals surface area (Å²) < 4.78 is 21.4. The molecule has 0 bridgehead atoms. The van der Waals surface area contributed by atoms with E-state index < -0.39 is 71.0 Å². The van der Waals surface area contributed by atoms with Gasteiger partial charge in [-0.05, 0) is 36.5 Å². The highest BCUT2D eigenvalue weighted by Crippen LogP contribution is 2.15. The van der Waals surface area contributed by atoms with Crippen LogP contribution in [0.5, 0.6) is 0 Å². The van der Waals surface area contributed by atoms with Crippen LogP contribution in [0.1, 0.15) is 78.7 Å². The van der Waals surface area contributed by atoms with E-state index in [0.29, 0.717) is 42.7 Å². The van der Waals surface area contributed by atoms with Crippen molar-refractivity contribution in [2.24, 2.45) is 17.1 Å². The van der Waals surface area contributed by atoms with Crippen LogP contribution in [0.4, 0.5) is 15.3 Å². The average Bonchev–Trinajstić information content (AvgIpc) is 3.52. The maximum Gasteiger partial charge on any atom is 0.407 e. The van der Waals surface area contributed by atoms with Gasteiger partial charge in [0, 0.05) is 50.0 Å². The number of hydrogen-bond acceptors (Lipinski definition) is 14. The Morgan fingerprint density at radius 3 is 1.94 bits per heavy atom. The minimum atomic E-state index is -1.08. The monoisotopic (exact) mass is 878 g/mol. The number of nitrogens with one attached hydrogen (secondary N) is 6. The molecule has 0 aromatic heterocycles. The molecule has 346 valence electrons. The number of carbonyl (C=O) groups is 9. The zero-order valence-corrected chi connectivity index (χ0v) is 36.1. The summed E-state index contributed by atoms with van der Waals surface area (Å²) in [4.78, 5) is 115. The Morgan fingerprint density at radius 1 is 0.742 bits per heavy atom. The number of benzene rings is 1. The fourth-order valence-corrected chi connectivity index (χ4v) is 5.22. The summed E-state index contributed by atoms with van der Waals surface area (Å²) in [5.74, 6) is -4.25. The van der Waals surface area contributed by atoms with Gasteiger partial charge in [0.1, 0.15) is 18.7 Å². The lowest BCUT2D eigenvalue weighted by atomic mass is 9.96. The van der Waals surface area contributed by atoms with Gasteiger partial charge in [-0.3, -0.25) is 28.8 Å². The highest BCUT2D eigenvalue weighted by atomic mass is 16.7. The van der Waals surface area contributed by atoms with Gasteiger partial charge >= 0.3 is 18.1 Å². The van der Waals surface area contributed by atoms with Crippen LogP contribution in [0, 0.1) is 11.3 Å². The standard InChI is InChI=1S/C40H62N8O14/c1-26(2)34(47-30(49)14-19-58-20-15-33(52)62-48-31(50)12-13-32(48)51)36(54)46-29(7-6-16-43-38(41)56)35(53)45-28-10-8-27(9-11-28)25-61-39(57)44-18-22-60-24-23-59-21-17-42-37(55)40(3,4)5/h8-11,26,29,34H,6-7,12-25H2,1-5H3,(H,42,55)(H,44,57)(H,45,53)(H,46,54)(H,47,49)(H3,41,43,56)/t29-,34?/m1/s1. The zero-order chi connectivity index (χ0) is 46.1. The van der Waals surface area contributed by atoms with Gasteiger partial charge in [0.05, 0.1) is 46.1 Å². The number of nitrogens with zero attached hydrogens (tertiary/aromatic N) is 1. The molecule has 9 amide bonds. The lowest BCUT2D eigenvalue weighted by molar-refractivity contribution is -0.198. The third-order valence-corrected chi connectivity index (χ3v) is 8.68. The predicted octanol–water partition coefficient (Wildman–Crippen LogP) is 0.525. The van der Waals surface area contributed by atoms with Gasteiger partial charge < -0.3 is 61.4 Å². The summed E-state index contributed by atoms with van der Waals surface area (Å²) in [6.45, 7) is 10.5. The second-order valence-corrected chi connectivity index (χ2v) is 15.4. The summed E-state index contributed by atoms with van der Waals surface area (Å²) in [6, 6.07) is 3.60. The van der Waals surface area contributed by atoms with E-state index in [9.17, 15) is 43.2 Å². The van der Waals surface area contributed by atoms with Gasteiger partial charge in [-0.15, -0.1) is 5.06 Å². The molecule has 1 heterocycles. The molecule has 0 aliphatic carbocycles. The lowest BCUT2D eigenvalue weighted by Crippen LogP contribution is -2.54. The number of imide groups is 1. The van der Waals surface area contributed by atoms with Crippen molar-refractivity contribution in [2.45, 2.75) is 91.8 Å². The molecule has 22 heteroatoms. The number of rotatable bonds is 28. The van der Waals surface area contributed by atoms with Gasteiger partial charge in [-0.2, -0.15) is 0 Å². The largest absolute Gasteiger partial charge is 0.445 e. The van der Waals surface area contributed by atoms with E-state index in [-0.39, 0.29) is 83.9 Å². The topological polar surface area (TPSA) is 301 Å². The number of amides is 9. The van der Waals surface area contributed by atoms with Crippen molar-refractivity contribution in [3.63, 3.8) is 0 Å². The average molecular weight is 879 g/mol. The van der Waals surface area contributed by atoms with Gasteiger partial charge in [-0.1, -0.05) is 46.8 Å². The Labute approximate surface area is 360 Å². The van der Waals surface area contributed by atoms with E-state index in [1.54, 1.807) is 38.1 Å². The van der Waals surface area contributed by atoms with Crippen molar-refractivity contribution in [1.29, 1.82) is 0 Å². The Hall–Kier alpha value is -5.87. The number of hydroxylamine groups is 2. The van der Waals surface area contributed by atoms with Crippen LogP contribution in [0.2, 0.25) is 0 Å². The van der Waals surface area contributed by atoms with E-state index >= 15 is 0 Å². The second-order valence-electron chi connectivity index (χ2n) is 15.4. The van der Waals surface area contributed by atoms with Crippen molar-refractivity contribution < 1.29 is 66.9 Å². The lowest BCUT2D eigenvalue weighted by Gasteiger charge is -2.25. The Balaban J connectivity index is 1.78. The zero-order valence-electron chi connectivity index (χ0n) is 36.1. The molecule has 62 heavy (non-hydrogen) atoms. The summed E-state index contributed by atoms with van der Waals surface area (Å²) in [5.41, 5.74) is 5.70. The molecule has 2 atom stereocenters. The fourth-order valence-electron chi connectivity index (χ4n) is 5.22. The first-order chi connectivity index (χ1) is 29.4. The molecule has 1 saturated heterocycles. The molecule has 1 aromatic rings. The first kappa shape index (κ1) is 52.3. The molecule has 0 saturated carbocycles. The second kappa shape index (κ2) is 27.9. The number of urea groups is 1. The fraction of sp³-hybridized carbons (Fsp3) is 0.625. The molecule has 1 aliphatic heterocycles. The third-order valence-electron chi connectivity index (χ3n) is 8.68. The van der Waals surface area contributed by atoms with Crippen LogP contribution in [0.3, 0.4) is 0 Å². The molecule has 8 N–H and O–H groups in total. The Kier molecular flexibility index (Phi) is 23.5. The Morgan fingerprint density at radius 2 is 1.34 bits per heavy atom. The van der Waals surface area contributed by atoms with E-state index in [2.05, 4.69) is 31.9 Å². The number of anilines is 1. The van der Waals surface area contributed by atoms with Crippen molar-refractivity contribution in [2.75, 3.05) is 64.6 Å². The van der Waals surface area contributed by atoms with Crippen molar-refractivity contribution in [3.05, 3.63) is 29.8 Å². The minimum Gasteiger partial charge on any atom is -0.445 e. The number of primary amides is 1. The number of ether oxygens (including phenoxy) is 4. The molecule has 22 nitrogen and oxygen atoms in total. The van der Waals surface area contributed by atoms with E-state index in [0.717, 1.165) is 0 Å². The highest BCUT2D eigenvalue weighted by molar-refractivity contribution is 6.01. The molecule has 1 fully saturated rings. The van der Waals surface area contributed by atoms with Crippen LogP contribution in [-0.4, -0.2) is 130 Å². The molecular formula is C40H62N8O14. The van der Waals surface area contributed by atoms with Crippen LogP contribution in [0.25, 0.3) is 0 Å². The molecule has 0 spiro atoms. The predicted molar refractivity (Wildman–Crippen MR) is 220 cm³/mol. The third kappa shape index (κ3) is 21.6.